The predicted molar refractivity (Wildman–Crippen MR) is 108 cm³/mol. The Balaban J connectivity index is 1.33. The van der Waals surface area contributed by atoms with Crippen LogP contribution in [0, 0.1) is 11.2 Å². The number of anilines is 1. The van der Waals surface area contributed by atoms with Gasteiger partial charge in [-0.15, -0.1) is 0 Å². The maximum absolute atomic E-state index is 13.3. The molecule has 0 radical (unpaired) electrons. The number of aromatic nitrogens is 1. The summed E-state index contributed by atoms with van der Waals surface area (Å²) < 4.78 is 18.8. The summed E-state index contributed by atoms with van der Waals surface area (Å²) in [4.78, 5) is 19.7. The molecule has 1 aromatic carbocycles. The number of carbonyl (C=O) groups excluding carboxylic acids is 1. The highest BCUT2D eigenvalue weighted by molar-refractivity contribution is 5.94. The van der Waals surface area contributed by atoms with Crippen LogP contribution >= 0.6 is 0 Å². The summed E-state index contributed by atoms with van der Waals surface area (Å²) in [6, 6.07) is 8.54. The first-order chi connectivity index (χ1) is 14.0. The van der Waals surface area contributed by atoms with Gasteiger partial charge < -0.3 is 15.0 Å². The lowest BCUT2D eigenvalue weighted by Gasteiger charge is -2.33. The van der Waals surface area contributed by atoms with Crippen molar-refractivity contribution in [2.75, 3.05) is 31.6 Å². The smallest absolute Gasteiger partial charge is 0.255 e. The lowest BCUT2D eigenvalue weighted by Crippen LogP contribution is -2.35. The van der Waals surface area contributed by atoms with Gasteiger partial charge >= 0.3 is 0 Å². The second-order valence-electron chi connectivity index (χ2n) is 8.96. The third-order valence-corrected chi connectivity index (χ3v) is 6.91. The number of amides is 1. The number of nitrogens with zero attached hydrogens (tertiary/aromatic N) is 2. The minimum absolute atomic E-state index is 0.0686. The number of halogens is 1. The minimum atomic E-state index is -0.357. The third kappa shape index (κ3) is 3.29. The number of hydrogen-bond acceptors (Lipinski definition) is 4. The number of nitrogens with one attached hydrogen (secondary N) is 1. The third-order valence-electron chi connectivity index (χ3n) is 6.91. The molecule has 1 atom stereocenters. The maximum Gasteiger partial charge on any atom is 0.255 e. The molecule has 0 bridgehead atoms. The number of hydrogen-bond donors (Lipinski definition) is 1. The Bertz CT molecular complexity index is 940. The van der Waals surface area contributed by atoms with E-state index in [4.69, 9.17) is 4.74 Å². The highest BCUT2D eigenvalue weighted by atomic mass is 19.1. The molecule has 2 saturated heterocycles. The standard InChI is InChI=1S/C23H26FN3O2/c1-22(18-2-4-19(24)5-3-18)13-16-12-17(14-25-20(16)26-22)21(28)27-9-6-23(15-27)7-10-29-11-8-23/h2-5,12,14H,6-11,13,15H2,1H3,(H,25,26). The van der Waals surface area contributed by atoms with Gasteiger partial charge in [0.15, 0.2) is 0 Å². The average Bonchev–Trinajstić information content (AvgIpc) is 3.29. The lowest BCUT2D eigenvalue weighted by atomic mass is 9.80. The van der Waals surface area contributed by atoms with Crippen molar-refractivity contribution >= 4 is 11.7 Å². The Morgan fingerprint density at radius 2 is 1.97 bits per heavy atom. The second kappa shape index (κ2) is 6.80. The topological polar surface area (TPSA) is 54.5 Å². The van der Waals surface area contributed by atoms with Gasteiger partial charge in [0.2, 0.25) is 0 Å². The van der Waals surface area contributed by atoms with Crippen LogP contribution in [0.25, 0.3) is 0 Å². The van der Waals surface area contributed by atoms with Crippen molar-refractivity contribution in [3.63, 3.8) is 0 Å². The first-order valence-corrected chi connectivity index (χ1v) is 10.4. The molecule has 3 aliphatic rings. The quantitative estimate of drug-likeness (QED) is 0.842. The average molecular weight is 395 g/mol. The molecule has 6 heteroatoms. The van der Waals surface area contributed by atoms with Crippen LogP contribution in [0.3, 0.4) is 0 Å². The van der Waals surface area contributed by atoms with E-state index in [9.17, 15) is 9.18 Å². The van der Waals surface area contributed by atoms with E-state index in [0.29, 0.717) is 12.0 Å². The number of likely N-dealkylation sites (tertiary alicyclic amines) is 1. The maximum atomic E-state index is 13.3. The SMILES string of the molecule is CC1(c2ccc(F)cc2)Cc2cc(C(=O)N3CCC4(CCOCC4)C3)cnc2N1. The molecule has 5 rings (SSSR count). The molecule has 2 fully saturated rings. The van der Waals surface area contributed by atoms with E-state index < -0.39 is 0 Å². The summed E-state index contributed by atoms with van der Waals surface area (Å²) in [6.45, 7) is 5.31. The minimum Gasteiger partial charge on any atom is -0.381 e. The van der Waals surface area contributed by atoms with Gasteiger partial charge in [0.05, 0.1) is 11.1 Å². The van der Waals surface area contributed by atoms with Crippen LogP contribution in [0.1, 0.15) is 47.7 Å². The van der Waals surface area contributed by atoms with E-state index >= 15 is 0 Å². The van der Waals surface area contributed by atoms with E-state index in [1.165, 1.54) is 12.1 Å². The Labute approximate surface area is 170 Å². The predicted octanol–water partition coefficient (Wildman–Crippen LogP) is 3.75. The number of carbonyl (C=O) groups is 1. The normalized spacial score (nSPS) is 25.1. The molecule has 1 amide bonds. The fraction of sp³-hybridized carbons (Fsp3) is 0.478. The van der Waals surface area contributed by atoms with E-state index in [0.717, 1.165) is 62.5 Å². The first kappa shape index (κ1) is 18.6. The van der Waals surface area contributed by atoms with Gasteiger partial charge in [0, 0.05) is 38.9 Å². The van der Waals surface area contributed by atoms with Crippen LogP contribution in [0.4, 0.5) is 10.2 Å². The Morgan fingerprint density at radius 1 is 1.21 bits per heavy atom. The fourth-order valence-corrected chi connectivity index (χ4v) is 5.06. The molecule has 2 aromatic rings. The van der Waals surface area contributed by atoms with Crippen molar-refractivity contribution < 1.29 is 13.9 Å². The Hall–Kier alpha value is -2.47. The molecule has 1 N–H and O–H groups in total. The summed E-state index contributed by atoms with van der Waals surface area (Å²) in [5.74, 6) is 0.626. The van der Waals surface area contributed by atoms with Crippen molar-refractivity contribution in [1.82, 2.24) is 9.88 Å². The molecule has 3 aliphatic heterocycles. The molecule has 1 aromatic heterocycles. The summed E-state index contributed by atoms with van der Waals surface area (Å²) in [5.41, 5.74) is 2.57. The lowest BCUT2D eigenvalue weighted by molar-refractivity contribution is 0.0191. The number of fused-ring (bicyclic) bond motifs is 1. The van der Waals surface area contributed by atoms with E-state index in [2.05, 4.69) is 17.2 Å². The monoisotopic (exact) mass is 395 g/mol. The van der Waals surface area contributed by atoms with Crippen molar-refractivity contribution in [2.45, 2.75) is 38.1 Å². The van der Waals surface area contributed by atoms with Crippen LogP contribution < -0.4 is 5.32 Å². The van der Waals surface area contributed by atoms with E-state index in [1.807, 2.05) is 11.0 Å². The van der Waals surface area contributed by atoms with Gasteiger partial charge in [-0.1, -0.05) is 12.1 Å². The van der Waals surface area contributed by atoms with Crippen LogP contribution in [0.15, 0.2) is 36.5 Å². The van der Waals surface area contributed by atoms with Crippen molar-refractivity contribution in [3.8, 4) is 0 Å². The zero-order valence-corrected chi connectivity index (χ0v) is 16.7. The fourth-order valence-electron chi connectivity index (χ4n) is 5.06. The van der Waals surface area contributed by atoms with Gasteiger partial charge in [-0.05, 0) is 60.9 Å². The summed E-state index contributed by atoms with van der Waals surface area (Å²) in [6.07, 6.45) is 5.53. The van der Waals surface area contributed by atoms with Crippen molar-refractivity contribution in [3.05, 3.63) is 59.0 Å². The molecule has 5 nitrogen and oxygen atoms in total. The Morgan fingerprint density at radius 3 is 2.72 bits per heavy atom. The molecule has 1 spiro atoms. The number of ether oxygens (including phenoxy) is 1. The van der Waals surface area contributed by atoms with Crippen molar-refractivity contribution in [1.29, 1.82) is 0 Å². The van der Waals surface area contributed by atoms with Gasteiger partial charge in [0.25, 0.3) is 5.91 Å². The first-order valence-electron chi connectivity index (χ1n) is 10.4. The largest absolute Gasteiger partial charge is 0.381 e. The zero-order valence-electron chi connectivity index (χ0n) is 16.7. The molecular formula is C23H26FN3O2. The second-order valence-corrected chi connectivity index (χ2v) is 8.96. The summed E-state index contributed by atoms with van der Waals surface area (Å²) in [7, 11) is 0. The van der Waals surface area contributed by atoms with Crippen molar-refractivity contribution in [2.24, 2.45) is 5.41 Å². The Kier molecular flexibility index (Phi) is 4.35. The highest BCUT2D eigenvalue weighted by Crippen LogP contribution is 2.41. The van der Waals surface area contributed by atoms with Crippen LogP contribution in [0.5, 0.6) is 0 Å². The molecule has 0 aliphatic carbocycles. The van der Waals surface area contributed by atoms with E-state index in [-0.39, 0.29) is 22.7 Å². The van der Waals surface area contributed by atoms with Gasteiger partial charge in [-0.2, -0.15) is 0 Å². The van der Waals surface area contributed by atoms with Gasteiger partial charge in [-0.25, -0.2) is 9.37 Å². The zero-order chi connectivity index (χ0) is 20.1. The number of rotatable bonds is 2. The molecule has 4 heterocycles. The molecular weight excluding hydrogens is 369 g/mol. The van der Waals surface area contributed by atoms with Crippen LogP contribution in [0.2, 0.25) is 0 Å². The number of pyridine rings is 1. The summed E-state index contributed by atoms with van der Waals surface area (Å²) >= 11 is 0. The van der Waals surface area contributed by atoms with Gasteiger partial charge in [-0.3, -0.25) is 4.79 Å². The highest BCUT2D eigenvalue weighted by Gasteiger charge is 2.41. The van der Waals surface area contributed by atoms with Crippen LogP contribution in [-0.4, -0.2) is 42.1 Å². The van der Waals surface area contributed by atoms with E-state index in [1.54, 1.807) is 18.3 Å². The molecule has 152 valence electrons. The van der Waals surface area contributed by atoms with Crippen LogP contribution in [-0.2, 0) is 16.7 Å². The number of benzene rings is 1. The van der Waals surface area contributed by atoms with Gasteiger partial charge in [0.1, 0.15) is 11.6 Å². The molecule has 1 unspecified atom stereocenters. The molecule has 29 heavy (non-hydrogen) atoms. The summed E-state index contributed by atoms with van der Waals surface area (Å²) in [5, 5.41) is 3.46. The molecule has 0 saturated carbocycles.